The van der Waals surface area contributed by atoms with E-state index >= 15 is 0 Å². The van der Waals surface area contributed by atoms with Gasteiger partial charge >= 0.3 is 5.91 Å². The van der Waals surface area contributed by atoms with Crippen LogP contribution in [0.4, 0.5) is 0 Å². The van der Waals surface area contributed by atoms with Crippen LogP contribution in [0.5, 0.6) is 0 Å². The molecule has 0 aliphatic heterocycles. The summed E-state index contributed by atoms with van der Waals surface area (Å²) in [5.41, 5.74) is 6.73. The molecule has 0 radical (unpaired) electrons. The molecule has 116 valence electrons. The molecule has 1 aromatic carbocycles. The van der Waals surface area contributed by atoms with E-state index in [0.29, 0.717) is 16.8 Å². The number of aryl methyl sites for hydroxylation is 2. The van der Waals surface area contributed by atoms with E-state index in [1.165, 1.54) is 12.4 Å². The van der Waals surface area contributed by atoms with Gasteiger partial charge in [-0.2, -0.15) is 0 Å². The second-order valence-corrected chi connectivity index (χ2v) is 5.00. The highest BCUT2D eigenvalue weighted by Crippen LogP contribution is 2.24. The zero-order chi connectivity index (χ0) is 16.4. The van der Waals surface area contributed by atoms with E-state index < -0.39 is 11.8 Å². The van der Waals surface area contributed by atoms with E-state index in [-0.39, 0.29) is 11.5 Å². The molecule has 2 heterocycles. The topological polar surface area (TPSA) is 97.1 Å². The van der Waals surface area contributed by atoms with Crippen molar-refractivity contribution in [3.63, 3.8) is 0 Å². The van der Waals surface area contributed by atoms with Gasteiger partial charge in [0.15, 0.2) is 5.76 Å². The fourth-order valence-electron chi connectivity index (χ4n) is 2.14. The molecule has 23 heavy (non-hydrogen) atoms. The van der Waals surface area contributed by atoms with Gasteiger partial charge in [0.1, 0.15) is 11.3 Å². The van der Waals surface area contributed by atoms with Crippen molar-refractivity contribution in [1.82, 2.24) is 20.8 Å². The van der Waals surface area contributed by atoms with Crippen molar-refractivity contribution in [2.75, 3.05) is 0 Å². The number of nitrogens with one attached hydrogen (secondary N) is 2. The van der Waals surface area contributed by atoms with Crippen LogP contribution in [0.25, 0.3) is 11.0 Å². The summed E-state index contributed by atoms with van der Waals surface area (Å²) in [5, 5.41) is 0.855. The highest BCUT2D eigenvalue weighted by Gasteiger charge is 2.18. The number of hydrazine groups is 1. The van der Waals surface area contributed by atoms with Gasteiger partial charge < -0.3 is 4.42 Å². The standard InChI is InChI=1S/C16H14N4O3/c1-9-7-18-12(8-17-9)15(21)19-20-16(22)14-10(2)11-5-3-4-6-13(11)23-14/h3-8H,1-2H3,(H,19,21)(H,20,22). The van der Waals surface area contributed by atoms with Crippen LogP contribution >= 0.6 is 0 Å². The first-order chi connectivity index (χ1) is 11.1. The minimum atomic E-state index is -0.556. The third kappa shape index (κ3) is 2.89. The Kier molecular flexibility index (Phi) is 3.76. The van der Waals surface area contributed by atoms with Crippen LogP contribution in [0.2, 0.25) is 0 Å². The zero-order valence-corrected chi connectivity index (χ0v) is 12.6. The Hall–Kier alpha value is -3.22. The zero-order valence-electron chi connectivity index (χ0n) is 12.6. The summed E-state index contributed by atoms with van der Waals surface area (Å²) in [6.07, 6.45) is 2.81. The number of benzene rings is 1. The van der Waals surface area contributed by atoms with E-state index in [0.717, 1.165) is 5.39 Å². The molecule has 7 nitrogen and oxygen atoms in total. The predicted molar refractivity (Wildman–Crippen MR) is 82.7 cm³/mol. The highest BCUT2D eigenvalue weighted by atomic mass is 16.3. The molecule has 3 aromatic rings. The molecule has 0 atom stereocenters. The first-order valence-electron chi connectivity index (χ1n) is 6.93. The number of para-hydroxylation sites is 1. The number of carbonyl (C=O) groups is 2. The van der Waals surface area contributed by atoms with Crippen LogP contribution in [0, 0.1) is 13.8 Å². The van der Waals surface area contributed by atoms with E-state index in [4.69, 9.17) is 4.42 Å². The molecule has 2 aromatic heterocycles. The van der Waals surface area contributed by atoms with Crippen molar-refractivity contribution in [2.24, 2.45) is 0 Å². The van der Waals surface area contributed by atoms with Gasteiger partial charge in [-0.1, -0.05) is 18.2 Å². The number of amides is 2. The molecular weight excluding hydrogens is 296 g/mol. The Morgan fingerprint density at radius 1 is 1.00 bits per heavy atom. The third-order valence-corrected chi connectivity index (χ3v) is 3.35. The van der Waals surface area contributed by atoms with E-state index in [1.54, 1.807) is 19.9 Å². The van der Waals surface area contributed by atoms with Crippen molar-refractivity contribution in [1.29, 1.82) is 0 Å². The summed E-state index contributed by atoms with van der Waals surface area (Å²) in [4.78, 5) is 32.0. The van der Waals surface area contributed by atoms with Crippen LogP contribution in [-0.4, -0.2) is 21.8 Å². The van der Waals surface area contributed by atoms with E-state index in [1.807, 2.05) is 18.2 Å². The second-order valence-electron chi connectivity index (χ2n) is 5.00. The first kappa shape index (κ1) is 14.7. The number of rotatable bonds is 2. The summed E-state index contributed by atoms with van der Waals surface area (Å²) < 4.78 is 5.52. The Bertz CT molecular complexity index is 884. The molecule has 2 amide bonds. The largest absolute Gasteiger partial charge is 0.451 e. The number of carbonyl (C=O) groups excluding carboxylic acids is 2. The number of furan rings is 1. The Balaban J connectivity index is 1.72. The van der Waals surface area contributed by atoms with Gasteiger partial charge in [-0.15, -0.1) is 0 Å². The minimum absolute atomic E-state index is 0.109. The molecule has 7 heteroatoms. The summed E-state index contributed by atoms with van der Waals surface area (Å²) in [7, 11) is 0. The van der Waals surface area contributed by atoms with Crippen molar-refractivity contribution < 1.29 is 14.0 Å². The lowest BCUT2D eigenvalue weighted by molar-refractivity contribution is 0.0829. The van der Waals surface area contributed by atoms with Crippen LogP contribution in [-0.2, 0) is 0 Å². The molecule has 2 N–H and O–H groups in total. The quantitative estimate of drug-likeness (QED) is 0.705. The van der Waals surface area contributed by atoms with Gasteiger partial charge in [0, 0.05) is 17.1 Å². The SMILES string of the molecule is Cc1cnc(C(=O)NNC(=O)c2oc3ccccc3c2C)cn1. The van der Waals surface area contributed by atoms with Crippen molar-refractivity contribution in [3.05, 3.63) is 59.4 Å². The summed E-state index contributed by atoms with van der Waals surface area (Å²) >= 11 is 0. The van der Waals surface area contributed by atoms with Gasteiger partial charge in [0.25, 0.3) is 5.91 Å². The van der Waals surface area contributed by atoms with Gasteiger partial charge in [-0.05, 0) is 19.9 Å². The maximum absolute atomic E-state index is 12.2. The predicted octanol–water partition coefficient (Wildman–Crippen LogP) is 1.91. The number of aromatic nitrogens is 2. The first-order valence-corrected chi connectivity index (χ1v) is 6.93. The number of hydrogen-bond acceptors (Lipinski definition) is 5. The summed E-state index contributed by atoms with van der Waals surface area (Å²) in [6, 6.07) is 7.33. The Morgan fingerprint density at radius 3 is 2.43 bits per heavy atom. The van der Waals surface area contributed by atoms with Crippen LogP contribution in [0.3, 0.4) is 0 Å². The molecule has 0 fully saturated rings. The lowest BCUT2D eigenvalue weighted by Crippen LogP contribution is -2.42. The Morgan fingerprint density at radius 2 is 1.74 bits per heavy atom. The molecule has 0 unspecified atom stereocenters. The average molecular weight is 310 g/mol. The van der Waals surface area contributed by atoms with Crippen LogP contribution in [0.1, 0.15) is 32.3 Å². The molecule has 0 saturated carbocycles. The molecule has 3 rings (SSSR count). The Labute approximate surface area is 131 Å². The second kappa shape index (κ2) is 5.88. The van der Waals surface area contributed by atoms with Crippen molar-refractivity contribution in [3.8, 4) is 0 Å². The molecule has 0 aliphatic rings. The average Bonchev–Trinajstić information content (AvgIpc) is 2.90. The van der Waals surface area contributed by atoms with Crippen LogP contribution < -0.4 is 10.9 Å². The van der Waals surface area contributed by atoms with Crippen LogP contribution in [0.15, 0.2) is 41.1 Å². The van der Waals surface area contributed by atoms with Crippen molar-refractivity contribution >= 4 is 22.8 Å². The third-order valence-electron chi connectivity index (χ3n) is 3.35. The van der Waals surface area contributed by atoms with Crippen molar-refractivity contribution in [2.45, 2.75) is 13.8 Å². The molecule has 0 aliphatic carbocycles. The maximum atomic E-state index is 12.2. The van der Waals surface area contributed by atoms with Gasteiger partial charge in [0.2, 0.25) is 0 Å². The monoisotopic (exact) mass is 310 g/mol. The summed E-state index contributed by atoms with van der Waals surface area (Å²) in [6.45, 7) is 3.55. The number of fused-ring (bicyclic) bond motifs is 1. The fourth-order valence-corrected chi connectivity index (χ4v) is 2.14. The molecule has 0 saturated heterocycles. The van der Waals surface area contributed by atoms with E-state index in [2.05, 4.69) is 20.8 Å². The minimum Gasteiger partial charge on any atom is -0.451 e. The van der Waals surface area contributed by atoms with E-state index in [9.17, 15) is 9.59 Å². The number of nitrogens with zero attached hydrogens (tertiary/aromatic N) is 2. The molecule has 0 spiro atoms. The van der Waals surface area contributed by atoms with Gasteiger partial charge in [0.05, 0.1) is 11.9 Å². The lowest BCUT2D eigenvalue weighted by atomic mass is 10.1. The normalized spacial score (nSPS) is 10.5. The van der Waals surface area contributed by atoms with Gasteiger partial charge in [-0.3, -0.25) is 25.4 Å². The summed E-state index contributed by atoms with van der Waals surface area (Å²) in [5.74, 6) is -0.937. The van der Waals surface area contributed by atoms with Gasteiger partial charge in [-0.25, -0.2) is 4.98 Å². The fraction of sp³-hybridized carbons (Fsp3) is 0.125. The maximum Gasteiger partial charge on any atom is 0.305 e. The number of hydrogen-bond donors (Lipinski definition) is 2. The molecule has 0 bridgehead atoms. The molecular formula is C16H14N4O3. The smallest absolute Gasteiger partial charge is 0.305 e. The lowest BCUT2D eigenvalue weighted by Gasteiger charge is -2.05. The highest BCUT2D eigenvalue weighted by molar-refractivity contribution is 6.00.